The summed E-state index contributed by atoms with van der Waals surface area (Å²) >= 11 is 0. The maximum absolute atomic E-state index is 10.4. The molecule has 8 heteroatoms. The average molecular weight is 316 g/mol. The predicted octanol–water partition coefficient (Wildman–Crippen LogP) is 1.28. The zero-order valence-corrected chi connectivity index (χ0v) is 12.3. The third-order valence-corrected chi connectivity index (χ3v) is 3.91. The minimum absolute atomic E-state index is 0.00676. The fraction of sp³-hybridized carbons (Fsp3) is 0.462. The third-order valence-electron chi connectivity index (χ3n) is 3.04. The molecule has 0 bridgehead atoms. The van der Waals surface area contributed by atoms with E-state index in [0.29, 0.717) is 0 Å². The molecule has 7 nitrogen and oxygen atoms in total. The van der Waals surface area contributed by atoms with Crippen LogP contribution >= 0.6 is 0 Å². The summed E-state index contributed by atoms with van der Waals surface area (Å²) < 4.78 is 34.1. The molecule has 0 atom stereocenters. The number of rotatable bonds is 2. The van der Waals surface area contributed by atoms with Crippen molar-refractivity contribution in [2.45, 2.75) is 42.7 Å². The van der Waals surface area contributed by atoms with Gasteiger partial charge in [-0.3, -0.25) is 4.55 Å². The molecule has 5 N–H and O–H groups in total. The van der Waals surface area contributed by atoms with Gasteiger partial charge in [0.2, 0.25) is 0 Å². The lowest BCUT2D eigenvalue weighted by molar-refractivity contribution is 0.0791. The fourth-order valence-corrected chi connectivity index (χ4v) is 2.46. The minimum atomic E-state index is -4.00. The Hall–Kier alpha value is -1.64. The summed E-state index contributed by atoms with van der Waals surface area (Å²) in [6.45, 7) is 0. The standard InChI is InChI=1S/C7H14N2O2.C6H6O3S/c8-5-1-3-6(4-2-5)11-7(9)10;7-10(8,9)6-4-2-1-3-5-6/h5-6H,1-4,8H2,(H2,9,10);1-5H,(H,7,8,9)/t5-,6-;. The topological polar surface area (TPSA) is 133 Å². The maximum Gasteiger partial charge on any atom is 0.404 e. The van der Waals surface area contributed by atoms with Crippen molar-refractivity contribution < 1.29 is 22.5 Å². The molecule has 0 radical (unpaired) electrons. The molecule has 1 saturated carbocycles. The summed E-state index contributed by atoms with van der Waals surface area (Å²) in [5, 5.41) is 0. The van der Waals surface area contributed by atoms with Gasteiger partial charge in [0, 0.05) is 6.04 Å². The predicted molar refractivity (Wildman–Crippen MR) is 77.2 cm³/mol. The maximum atomic E-state index is 10.4. The van der Waals surface area contributed by atoms with Crippen LogP contribution in [0.5, 0.6) is 0 Å². The largest absolute Gasteiger partial charge is 0.446 e. The molecule has 21 heavy (non-hydrogen) atoms. The SMILES string of the molecule is NC(=O)O[C@H]1CC[C@H](N)CC1.O=S(=O)(O)c1ccccc1. The van der Waals surface area contributed by atoms with Crippen molar-refractivity contribution in [1.82, 2.24) is 0 Å². The van der Waals surface area contributed by atoms with Crippen molar-refractivity contribution in [2.75, 3.05) is 0 Å². The Morgan fingerprint density at radius 2 is 1.67 bits per heavy atom. The number of hydrogen-bond acceptors (Lipinski definition) is 5. The molecule has 1 aliphatic rings. The van der Waals surface area contributed by atoms with Crippen molar-refractivity contribution in [3.8, 4) is 0 Å². The zero-order chi connectivity index (χ0) is 15.9. The van der Waals surface area contributed by atoms with Crippen molar-refractivity contribution in [3.05, 3.63) is 30.3 Å². The number of hydrogen-bond donors (Lipinski definition) is 3. The lowest BCUT2D eigenvalue weighted by Crippen LogP contribution is -2.32. The zero-order valence-electron chi connectivity index (χ0n) is 11.5. The summed E-state index contributed by atoms with van der Waals surface area (Å²) in [7, 11) is -4.00. The molecule has 0 spiro atoms. The first-order valence-electron chi connectivity index (χ1n) is 6.53. The van der Waals surface area contributed by atoms with Crippen LogP contribution in [-0.2, 0) is 14.9 Å². The van der Waals surface area contributed by atoms with Gasteiger partial charge in [-0.15, -0.1) is 0 Å². The highest BCUT2D eigenvalue weighted by atomic mass is 32.2. The van der Waals surface area contributed by atoms with E-state index < -0.39 is 16.2 Å². The fourth-order valence-electron chi connectivity index (χ4n) is 1.96. The Labute approximate surface area is 124 Å². The molecule has 2 rings (SSSR count). The highest BCUT2D eigenvalue weighted by Crippen LogP contribution is 2.19. The minimum Gasteiger partial charge on any atom is -0.446 e. The number of amides is 1. The van der Waals surface area contributed by atoms with Crippen molar-refractivity contribution in [1.29, 1.82) is 0 Å². The van der Waals surface area contributed by atoms with E-state index in [0.717, 1.165) is 25.7 Å². The Balaban J connectivity index is 0.000000211. The van der Waals surface area contributed by atoms with Gasteiger partial charge in [-0.25, -0.2) is 4.79 Å². The second-order valence-electron chi connectivity index (χ2n) is 4.76. The van der Waals surface area contributed by atoms with Gasteiger partial charge in [0.15, 0.2) is 0 Å². The third kappa shape index (κ3) is 7.07. The van der Waals surface area contributed by atoms with Crippen LogP contribution < -0.4 is 11.5 Å². The summed E-state index contributed by atoms with van der Waals surface area (Å²) in [5.74, 6) is 0. The lowest BCUT2D eigenvalue weighted by atomic mass is 9.94. The molecule has 1 fully saturated rings. The summed E-state index contributed by atoms with van der Waals surface area (Å²) in [6.07, 6.45) is 2.89. The van der Waals surface area contributed by atoms with Gasteiger partial charge in [-0.1, -0.05) is 18.2 Å². The number of primary amides is 1. The van der Waals surface area contributed by atoms with Gasteiger partial charge < -0.3 is 16.2 Å². The molecule has 0 saturated heterocycles. The van der Waals surface area contributed by atoms with E-state index in [4.69, 9.17) is 20.8 Å². The molecular formula is C13H20N2O5S. The van der Waals surface area contributed by atoms with E-state index in [9.17, 15) is 13.2 Å². The van der Waals surface area contributed by atoms with E-state index in [1.54, 1.807) is 18.2 Å². The van der Waals surface area contributed by atoms with Crippen LogP contribution in [0.25, 0.3) is 0 Å². The van der Waals surface area contributed by atoms with E-state index in [-0.39, 0.29) is 17.0 Å². The Morgan fingerprint density at radius 3 is 2.05 bits per heavy atom. The highest BCUT2D eigenvalue weighted by Gasteiger charge is 2.20. The molecule has 118 valence electrons. The van der Waals surface area contributed by atoms with Gasteiger partial charge in [0.25, 0.3) is 10.1 Å². The molecule has 1 amide bonds. The quantitative estimate of drug-likeness (QED) is 0.704. The molecule has 0 heterocycles. The number of nitrogens with two attached hydrogens (primary N) is 2. The Bertz CT molecular complexity index is 539. The van der Waals surface area contributed by atoms with Gasteiger partial charge in [0.05, 0.1) is 4.90 Å². The molecular weight excluding hydrogens is 296 g/mol. The van der Waals surface area contributed by atoms with Crippen LogP contribution in [0, 0.1) is 0 Å². The average Bonchev–Trinajstić information content (AvgIpc) is 2.42. The number of ether oxygens (including phenoxy) is 1. The molecule has 1 aromatic carbocycles. The smallest absolute Gasteiger partial charge is 0.404 e. The molecule has 0 unspecified atom stereocenters. The Kier molecular flexibility index (Phi) is 6.60. The molecule has 0 aromatic heterocycles. The van der Waals surface area contributed by atoms with Crippen LogP contribution in [0.15, 0.2) is 35.2 Å². The van der Waals surface area contributed by atoms with Gasteiger partial charge >= 0.3 is 6.09 Å². The van der Waals surface area contributed by atoms with Crippen LogP contribution in [0.1, 0.15) is 25.7 Å². The van der Waals surface area contributed by atoms with Crippen molar-refractivity contribution in [3.63, 3.8) is 0 Å². The molecule has 0 aliphatic heterocycles. The Morgan fingerprint density at radius 1 is 1.14 bits per heavy atom. The van der Waals surface area contributed by atoms with E-state index in [1.165, 1.54) is 12.1 Å². The molecule has 1 aliphatic carbocycles. The van der Waals surface area contributed by atoms with Crippen LogP contribution in [0.3, 0.4) is 0 Å². The number of benzene rings is 1. The van der Waals surface area contributed by atoms with Gasteiger partial charge in [-0.05, 0) is 37.8 Å². The first-order chi connectivity index (χ1) is 9.79. The number of carbonyl (C=O) groups excluding carboxylic acids is 1. The summed E-state index contributed by atoms with van der Waals surface area (Å²) in [6, 6.07) is 7.70. The van der Waals surface area contributed by atoms with Crippen LogP contribution in [-0.4, -0.2) is 31.2 Å². The first kappa shape index (κ1) is 17.4. The normalized spacial score (nSPS) is 21.8. The highest BCUT2D eigenvalue weighted by molar-refractivity contribution is 7.85. The number of carbonyl (C=O) groups is 1. The van der Waals surface area contributed by atoms with Gasteiger partial charge in [0.1, 0.15) is 6.10 Å². The summed E-state index contributed by atoms with van der Waals surface area (Å²) in [4.78, 5) is 10.2. The monoisotopic (exact) mass is 316 g/mol. The summed E-state index contributed by atoms with van der Waals surface area (Å²) in [5.41, 5.74) is 10.5. The lowest BCUT2D eigenvalue weighted by Gasteiger charge is -2.24. The van der Waals surface area contributed by atoms with Gasteiger partial charge in [-0.2, -0.15) is 8.42 Å². The second kappa shape index (κ2) is 7.96. The molecule has 1 aromatic rings. The van der Waals surface area contributed by atoms with E-state index >= 15 is 0 Å². The van der Waals surface area contributed by atoms with E-state index in [2.05, 4.69) is 0 Å². The first-order valence-corrected chi connectivity index (χ1v) is 7.97. The van der Waals surface area contributed by atoms with Crippen molar-refractivity contribution >= 4 is 16.2 Å². The van der Waals surface area contributed by atoms with Crippen LogP contribution in [0.4, 0.5) is 4.79 Å². The second-order valence-corrected chi connectivity index (χ2v) is 6.18. The van der Waals surface area contributed by atoms with E-state index in [1.807, 2.05) is 0 Å². The van der Waals surface area contributed by atoms with Crippen molar-refractivity contribution in [2.24, 2.45) is 11.5 Å². The van der Waals surface area contributed by atoms with Crippen LogP contribution in [0.2, 0.25) is 0 Å².